The van der Waals surface area contributed by atoms with Crippen molar-refractivity contribution in [3.8, 4) is 0 Å². The molecule has 1 heterocycles. The van der Waals surface area contributed by atoms with Gasteiger partial charge < -0.3 is 9.88 Å². The van der Waals surface area contributed by atoms with Crippen molar-refractivity contribution < 1.29 is 4.79 Å². The number of thiazole rings is 1. The maximum absolute atomic E-state index is 12.3. The molecule has 0 atom stereocenters. The van der Waals surface area contributed by atoms with Crippen LogP contribution in [0.15, 0.2) is 53.3 Å². The van der Waals surface area contributed by atoms with E-state index in [2.05, 4.69) is 4.98 Å². The van der Waals surface area contributed by atoms with Crippen molar-refractivity contribution in [3.05, 3.63) is 84.8 Å². The molecule has 3 rings (SSSR count). The van der Waals surface area contributed by atoms with Crippen LogP contribution in [0.5, 0.6) is 0 Å². The molecular formula is C21H20N2O2S. The quantitative estimate of drug-likeness (QED) is 0.723. The van der Waals surface area contributed by atoms with Crippen molar-refractivity contribution in [2.45, 2.75) is 6.92 Å². The van der Waals surface area contributed by atoms with Gasteiger partial charge in [-0.15, -0.1) is 11.3 Å². The van der Waals surface area contributed by atoms with Crippen molar-refractivity contribution in [3.63, 3.8) is 0 Å². The minimum atomic E-state index is -0.186. The number of anilines is 1. The molecule has 0 fully saturated rings. The third kappa shape index (κ3) is 4.18. The largest absolute Gasteiger partial charge is 0.378 e. The summed E-state index contributed by atoms with van der Waals surface area (Å²) in [6.45, 7) is 1.97. The number of aromatic nitrogens is 1. The van der Waals surface area contributed by atoms with Crippen LogP contribution < -0.4 is 19.7 Å². The molecule has 0 spiro atoms. The number of rotatable bonds is 4. The second-order valence-electron chi connectivity index (χ2n) is 6.29. The highest BCUT2D eigenvalue weighted by Crippen LogP contribution is 2.12. The molecule has 1 aromatic heterocycles. The number of H-pyrrole nitrogens is 1. The molecule has 0 unspecified atom stereocenters. The molecule has 4 nitrogen and oxygen atoms in total. The summed E-state index contributed by atoms with van der Waals surface area (Å²) >= 11 is 1.28. The smallest absolute Gasteiger partial charge is 0.266 e. The molecule has 1 N–H and O–H groups in total. The SMILES string of the molecule is Cc1ccc(C(=O)/C=c2\[nH]c(=O)/c(=C/c3ccc(N(C)C)cc3)s2)cc1. The van der Waals surface area contributed by atoms with Crippen molar-refractivity contribution >= 4 is 35.0 Å². The molecule has 0 aliphatic rings. The van der Waals surface area contributed by atoms with E-state index in [0.29, 0.717) is 14.8 Å². The molecule has 5 heteroatoms. The highest BCUT2D eigenvalue weighted by molar-refractivity contribution is 7.07. The summed E-state index contributed by atoms with van der Waals surface area (Å²) in [6.07, 6.45) is 3.31. The Morgan fingerprint density at radius 3 is 2.31 bits per heavy atom. The van der Waals surface area contributed by atoms with Crippen LogP contribution in [0.4, 0.5) is 5.69 Å². The summed E-state index contributed by atoms with van der Waals surface area (Å²) in [6, 6.07) is 15.3. The average Bonchev–Trinajstić information content (AvgIpc) is 2.95. The van der Waals surface area contributed by atoms with E-state index in [1.165, 1.54) is 17.4 Å². The van der Waals surface area contributed by atoms with Gasteiger partial charge in [0.15, 0.2) is 5.78 Å². The first-order valence-corrected chi connectivity index (χ1v) is 9.05. The van der Waals surface area contributed by atoms with E-state index < -0.39 is 0 Å². The molecule has 0 saturated carbocycles. The fourth-order valence-electron chi connectivity index (χ4n) is 2.46. The van der Waals surface area contributed by atoms with Gasteiger partial charge in [-0.1, -0.05) is 42.0 Å². The third-order valence-electron chi connectivity index (χ3n) is 3.99. The van der Waals surface area contributed by atoms with Crippen LogP contribution in [0, 0.1) is 6.92 Å². The lowest BCUT2D eigenvalue weighted by molar-refractivity contribution is 0.106. The number of nitrogens with zero attached hydrogens (tertiary/aromatic N) is 1. The summed E-state index contributed by atoms with van der Waals surface area (Å²) in [4.78, 5) is 29.3. The van der Waals surface area contributed by atoms with Gasteiger partial charge in [0.05, 0.1) is 9.20 Å². The zero-order valence-corrected chi connectivity index (χ0v) is 15.8. The van der Waals surface area contributed by atoms with Crippen LogP contribution in [0.3, 0.4) is 0 Å². The Balaban J connectivity index is 1.92. The van der Waals surface area contributed by atoms with E-state index in [9.17, 15) is 9.59 Å². The topological polar surface area (TPSA) is 53.2 Å². The molecule has 2 aromatic carbocycles. The lowest BCUT2D eigenvalue weighted by Gasteiger charge is -2.11. The average molecular weight is 364 g/mol. The summed E-state index contributed by atoms with van der Waals surface area (Å²) in [7, 11) is 3.96. The van der Waals surface area contributed by atoms with Crippen LogP contribution >= 0.6 is 11.3 Å². The first-order valence-electron chi connectivity index (χ1n) is 8.23. The van der Waals surface area contributed by atoms with Gasteiger partial charge in [-0.25, -0.2) is 0 Å². The summed E-state index contributed by atoms with van der Waals surface area (Å²) in [5, 5.41) is 0. The normalized spacial score (nSPS) is 12.4. The minimum Gasteiger partial charge on any atom is -0.378 e. The Hall–Kier alpha value is -2.92. The highest BCUT2D eigenvalue weighted by atomic mass is 32.1. The predicted octanol–water partition coefficient (Wildman–Crippen LogP) is 2.30. The van der Waals surface area contributed by atoms with Gasteiger partial charge in [0, 0.05) is 31.4 Å². The molecule has 0 bridgehead atoms. The molecule has 132 valence electrons. The molecule has 0 saturated heterocycles. The van der Waals surface area contributed by atoms with E-state index in [0.717, 1.165) is 16.8 Å². The van der Waals surface area contributed by atoms with E-state index in [1.807, 2.05) is 68.4 Å². The van der Waals surface area contributed by atoms with Gasteiger partial charge in [0.1, 0.15) is 0 Å². The van der Waals surface area contributed by atoms with Crippen molar-refractivity contribution in [2.24, 2.45) is 0 Å². The number of aromatic amines is 1. The van der Waals surface area contributed by atoms with E-state index in [1.54, 1.807) is 12.1 Å². The molecule has 3 aromatic rings. The van der Waals surface area contributed by atoms with E-state index >= 15 is 0 Å². The Bertz CT molecular complexity index is 1090. The molecule has 0 amide bonds. The van der Waals surface area contributed by atoms with Crippen molar-refractivity contribution in [1.82, 2.24) is 4.98 Å². The molecule has 0 radical (unpaired) electrons. The lowest BCUT2D eigenvalue weighted by Crippen LogP contribution is -2.20. The number of aryl methyl sites for hydroxylation is 1. The van der Waals surface area contributed by atoms with Crippen LogP contribution in [0.25, 0.3) is 12.2 Å². The minimum absolute atomic E-state index is 0.121. The zero-order chi connectivity index (χ0) is 18.7. The molecule has 0 aliphatic heterocycles. The standard InChI is InChI=1S/C21H20N2O2S/c1-14-4-8-16(9-5-14)18(24)13-20-22-21(25)19(26-20)12-15-6-10-17(11-7-15)23(2)3/h4-13H,1-3H3,(H,22,25)/b19-12-,20-13+. The van der Waals surface area contributed by atoms with Gasteiger partial charge in [0.2, 0.25) is 0 Å². The predicted molar refractivity (Wildman–Crippen MR) is 109 cm³/mol. The fourth-order valence-corrected chi connectivity index (χ4v) is 3.35. The number of carbonyl (C=O) groups excluding carboxylic acids is 1. The Kier molecular flexibility index (Phi) is 5.19. The van der Waals surface area contributed by atoms with Gasteiger partial charge in [-0.2, -0.15) is 0 Å². The van der Waals surface area contributed by atoms with E-state index in [-0.39, 0.29) is 11.3 Å². The highest BCUT2D eigenvalue weighted by Gasteiger charge is 2.03. The van der Waals surface area contributed by atoms with Gasteiger partial charge in [0.25, 0.3) is 5.56 Å². The number of hydrogen-bond acceptors (Lipinski definition) is 4. The monoisotopic (exact) mass is 364 g/mol. The second kappa shape index (κ2) is 7.54. The third-order valence-corrected chi connectivity index (χ3v) is 4.95. The number of hydrogen-bond donors (Lipinski definition) is 1. The van der Waals surface area contributed by atoms with Crippen LogP contribution in [0.1, 0.15) is 21.5 Å². The lowest BCUT2D eigenvalue weighted by atomic mass is 10.1. The maximum atomic E-state index is 12.3. The zero-order valence-electron chi connectivity index (χ0n) is 14.9. The number of nitrogens with one attached hydrogen (secondary N) is 1. The molecule has 0 aliphatic carbocycles. The first kappa shape index (κ1) is 17.9. The molecular weight excluding hydrogens is 344 g/mol. The van der Waals surface area contributed by atoms with Gasteiger partial charge in [-0.05, 0) is 30.7 Å². The Labute approximate surface area is 155 Å². The molecule has 26 heavy (non-hydrogen) atoms. The number of benzene rings is 2. The second-order valence-corrected chi connectivity index (χ2v) is 7.37. The summed E-state index contributed by atoms with van der Waals surface area (Å²) in [5.41, 5.74) is 3.56. The van der Waals surface area contributed by atoms with Crippen LogP contribution in [-0.2, 0) is 0 Å². The van der Waals surface area contributed by atoms with Gasteiger partial charge in [-0.3, -0.25) is 9.59 Å². The number of ketones is 1. The Morgan fingerprint density at radius 1 is 1.04 bits per heavy atom. The summed E-state index contributed by atoms with van der Waals surface area (Å²) < 4.78 is 1.13. The first-order chi connectivity index (χ1) is 12.4. The fraction of sp³-hybridized carbons (Fsp3) is 0.143. The van der Waals surface area contributed by atoms with Crippen molar-refractivity contribution in [2.75, 3.05) is 19.0 Å². The van der Waals surface area contributed by atoms with Gasteiger partial charge >= 0.3 is 0 Å². The number of carbonyl (C=O) groups is 1. The Morgan fingerprint density at radius 2 is 1.69 bits per heavy atom. The van der Waals surface area contributed by atoms with Crippen LogP contribution in [0.2, 0.25) is 0 Å². The van der Waals surface area contributed by atoms with E-state index in [4.69, 9.17) is 0 Å². The van der Waals surface area contributed by atoms with Crippen molar-refractivity contribution in [1.29, 1.82) is 0 Å². The van der Waals surface area contributed by atoms with Crippen LogP contribution in [-0.4, -0.2) is 24.9 Å². The summed E-state index contributed by atoms with van der Waals surface area (Å²) in [5.74, 6) is -0.121. The number of Topliss-reactive ketones (excluding diaryl/α,β-unsaturated/α-hetero) is 1. The maximum Gasteiger partial charge on any atom is 0.266 e.